The van der Waals surface area contributed by atoms with Gasteiger partial charge in [0.15, 0.2) is 0 Å². The molecule has 28 heavy (non-hydrogen) atoms. The maximum atomic E-state index is 12.6. The molecule has 0 bridgehead atoms. The fourth-order valence-electron chi connectivity index (χ4n) is 3.38. The van der Waals surface area contributed by atoms with Gasteiger partial charge in [0.2, 0.25) is 5.91 Å². The first-order valence-electron chi connectivity index (χ1n) is 9.07. The molecule has 3 amide bonds. The van der Waals surface area contributed by atoms with E-state index in [0.717, 1.165) is 33.8 Å². The maximum absolute atomic E-state index is 12.6. The van der Waals surface area contributed by atoms with Crippen molar-refractivity contribution in [3.05, 3.63) is 65.4 Å². The van der Waals surface area contributed by atoms with Crippen LogP contribution in [-0.2, 0) is 17.9 Å². The second-order valence-corrected chi connectivity index (χ2v) is 6.91. The average molecular weight is 375 g/mol. The first-order chi connectivity index (χ1) is 13.5. The number of anilines is 2. The van der Waals surface area contributed by atoms with Crippen LogP contribution in [0.15, 0.2) is 48.5 Å². The van der Waals surface area contributed by atoms with Crippen LogP contribution in [0.3, 0.4) is 0 Å². The number of nitrogens with one attached hydrogen (secondary N) is 3. The van der Waals surface area contributed by atoms with E-state index in [1.807, 2.05) is 55.5 Å². The van der Waals surface area contributed by atoms with Crippen LogP contribution in [0.2, 0.25) is 0 Å². The standard InChI is InChI=1S/C21H21N5O2/c1-13-8-9-18(22-14(2)27)16(10-13)20-17-11-26(12-19(17)24-25-20)21(28)23-15-6-4-3-5-7-15/h3-10H,11-12H2,1-2H3,(H,22,27)(H,23,28)(H,24,25). The van der Waals surface area contributed by atoms with Gasteiger partial charge in [-0.05, 0) is 31.2 Å². The predicted octanol–water partition coefficient (Wildman–Crippen LogP) is 3.89. The number of nitrogens with zero attached hydrogens (tertiary/aromatic N) is 2. The molecule has 7 nitrogen and oxygen atoms in total. The Labute approximate surface area is 162 Å². The molecule has 2 heterocycles. The van der Waals surface area contributed by atoms with Crippen LogP contribution < -0.4 is 10.6 Å². The Balaban J connectivity index is 1.59. The number of fused-ring (bicyclic) bond motifs is 1. The molecule has 4 rings (SSSR count). The number of urea groups is 1. The van der Waals surface area contributed by atoms with E-state index in [1.54, 1.807) is 4.90 Å². The van der Waals surface area contributed by atoms with Gasteiger partial charge in [-0.15, -0.1) is 0 Å². The van der Waals surface area contributed by atoms with Crippen molar-refractivity contribution in [1.82, 2.24) is 15.1 Å². The molecule has 1 aliphatic rings. The molecule has 1 aliphatic heterocycles. The van der Waals surface area contributed by atoms with E-state index in [9.17, 15) is 9.59 Å². The Kier molecular flexibility index (Phi) is 4.57. The highest BCUT2D eigenvalue weighted by molar-refractivity contribution is 5.94. The molecule has 142 valence electrons. The van der Waals surface area contributed by atoms with Crippen molar-refractivity contribution in [1.29, 1.82) is 0 Å². The molecule has 0 spiro atoms. The van der Waals surface area contributed by atoms with Gasteiger partial charge < -0.3 is 15.5 Å². The minimum atomic E-state index is -0.159. The van der Waals surface area contributed by atoms with E-state index in [0.29, 0.717) is 18.8 Å². The number of carbonyl (C=O) groups is 2. The molecule has 0 atom stereocenters. The molecule has 7 heteroatoms. The van der Waals surface area contributed by atoms with E-state index in [4.69, 9.17) is 0 Å². The number of hydrogen-bond acceptors (Lipinski definition) is 3. The molecule has 0 saturated carbocycles. The minimum absolute atomic E-state index is 0.138. The molecule has 3 N–H and O–H groups in total. The second-order valence-electron chi connectivity index (χ2n) is 6.91. The minimum Gasteiger partial charge on any atom is -0.326 e. The average Bonchev–Trinajstić information content (AvgIpc) is 3.24. The van der Waals surface area contributed by atoms with Crippen LogP contribution in [0.1, 0.15) is 23.7 Å². The zero-order valence-corrected chi connectivity index (χ0v) is 15.7. The zero-order chi connectivity index (χ0) is 19.7. The van der Waals surface area contributed by atoms with Crippen LogP contribution in [0.5, 0.6) is 0 Å². The predicted molar refractivity (Wildman–Crippen MR) is 108 cm³/mol. The summed E-state index contributed by atoms with van der Waals surface area (Å²) in [7, 11) is 0. The van der Waals surface area contributed by atoms with Gasteiger partial charge in [0.05, 0.1) is 30.2 Å². The summed E-state index contributed by atoms with van der Waals surface area (Å²) < 4.78 is 0. The number of aromatic amines is 1. The molecule has 2 aromatic carbocycles. The van der Waals surface area contributed by atoms with Crippen molar-refractivity contribution >= 4 is 23.3 Å². The number of hydrogen-bond donors (Lipinski definition) is 3. The zero-order valence-electron chi connectivity index (χ0n) is 15.7. The highest BCUT2D eigenvalue weighted by atomic mass is 16.2. The SMILES string of the molecule is CC(=O)Nc1ccc(C)cc1-c1n[nH]c2c1CN(C(=O)Nc1ccccc1)C2. The van der Waals surface area contributed by atoms with Gasteiger partial charge in [-0.25, -0.2) is 4.79 Å². The fraction of sp³-hybridized carbons (Fsp3) is 0.190. The summed E-state index contributed by atoms with van der Waals surface area (Å²) in [6.45, 7) is 4.39. The topological polar surface area (TPSA) is 90.1 Å². The van der Waals surface area contributed by atoms with Crippen LogP contribution in [-0.4, -0.2) is 27.0 Å². The summed E-state index contributed by atoms with van der Waals surface area (Å²) in [4.78, 5) is 25.9. The van der Waals surface area contributed by atoms with Crippen molar-refractivity contribution in [2.45, 2.75) is 26.9 Å². The third-order valence-corrected chi connectivity index (χ3v) is 4.70. The van der Waals surface area contributed by atoms with Gasteiger partial charge >= 0.3 is 6.03 Å². The van der Waals surface area contributed by atoms with Gasteiger partial charge in [-0.2, -0.15) is 5.10 Å². The molecular weight excluding hydrogens is 354 g/mol. The number of amides is 3. The van der Waals surface area contributed by atoms with Gasteiger partial charge in [0.25, 0.3) is 0 Å². The van der Waals surface area contributed by atoms with E-state index in [-0.39, 0.29) is 11.9 Å². The summed E-state index contributed by atoms with van der Waals surface area (Å²) in [6.07, 6.45) is 0. The Morgan fingerprint density at radius 1 is 1.07 bits per heavy atom. The molecule has 0 saturated heterocycles. The maximum Gasteiger partial charge on any atom is 0.322 e. The Morgan fingerprint density at radius 2 is 1.86 bits per heavy atom. The number of rotatable bonds is 3. The Morgan fingerprint density at radius 3 is 2.61 bits per heavy atom. The van der Waals surface area contributed by atoms with E-state index < -0.39 is 0 Å². The summed E-state index contributed by atoms with van der Waals surface area (Å²) in [5, 5.41) is 13.3. The van der Waals surface area contributed by atoms with Crippen LogP contribution in [0.25, 0.3) is 11.3 Å². The Bertz CT molecular complexity index is 1040. The van der Waals surface area contributed by atoms with Crippen LogP contribution >= 0.6 is 0 Å². The molecule has 0 radical (unpaired) electrons. The van der Waals surface area contributed by atoms with Gasteiger partial charge in [0, 0.05) is 23.7 Å². The van der Waals surface area contributed by atoms with Crippen molar-refractivity contribution in [2.24, 2.45) is 0 Å². The summed E-state index contributed by atoms with van der Waals surface area (Å²) in [5.41, 5.74) is 6.02. The smallest absolute Gasteiger partial charge is 0.322 e. The lowest BCUT2D eigenvalue weighted by Crippen LogP contribution is -2.30. The van der Waals surface area contributed by atoms with Crippen molar-refractivity contribution in [3.8, 4) is 11.3 Å². The van der Waals surface area contributed by atoms with Crippen LogP contribution in [0, 0.1) is 6.92 Å². The lowest BCUT2D eigenvalue weighted by Gasteiger charge is -2.17. The summed E-state index contributed by atoms with van der Waals surface area (Å²) in [6, 6.07) is 15.0. The molecule has 3 aromatic rings. The lowest BCUT2D eigenvalue weighted by atomic mass is 10.0. The largest absolute Gasteiger partial charge is 0.326 e. The quantitative estimate of drug-likeness (QED) is 0.649. The number of carbonyl (C=O) groups excluding carboxylic acids is 2. The summed E-state index contributed by atoms with van der Waals surface area (Å²) in [5.74, 6) is -0.138. The molecule has 0 fully saturated rings. The third-order valence-electron chi connectivity index (χ3n) is 4.70. The van der Waals surface area contributed by atoms with Gasteiger partial charge in [-0.3, -0.25) is 9.89 Å². The van der Waals surface area contributed by atoms with Crippen molar-refractivity contribution in [3.63, 3.8) is 0 Å². The highest BCUT2D eigenvalue weighted by Crippen LogP contribution is 2.35. The number of benzene rings is 2. The third kappa shape index (κ3) is 3.46. The number of aromatic nitrogens is 2. The molecular formula is C21H21N5O2. The summed E-state index contributed by atoms with van der Waals surface area (Å²) >= 11 is 0. The van der Waals surface area contributed by atoms with E-state index in [1.165, 1.54) is 6.92 Å². The second kappa shape index (κ2) is 7.19. The van der Waals surface area contributed by atoms with E-state index >= 15 is 0 Å². The Hall–Kier alpha value is -3.61. The molecule has 1 aromatic heterocycles. The lowest BCUT2D eigenvalue weighted by molar-refractivity contribution is -0.114. The molecule has 0 aliphatic carbocycles. The normalized spacial score (nSPS) is 12.6. The van der Waals surface area contributed by atoms with E-state index in [2.05, 4.69) is 20.8 Å². The molecule has 0 unspecified atom stereocenters. The number of H-pyrrole nitrogens is 1. The number of para-hydroxylation sites is 1. The first-order valence-corrected chi connectivity index (χ1v) is 9.07. The van der Waals surface area contributed by atoms with Crippen molar-refractivity contribution < 1.29 is 9.59 Å². The number of aryl methyl sites for hydroxylation is 1. The monoisotopic (exact) mass is 375 g/mol. The van der Waals surface area contributed by atoms with Gasteiger partial charge in [0.1, 0.15) is 0 Å². The van der Waals surface area contributed by atoms with Gasteiger partial charge in [-0.1, -0.05) is 29.8 Å². The highest BCUT2D eigenvalue weighted by Gasteiger charge is 2.29. The fourth-order valence-corrected chi connectivity index (χ4v) is 3.38. The van der Waals surface area contributed by atoms with Crippen LogP contribution in [0.4, 0.5) is 16.2 Å². The van der Waals surface area contributed by atoms with Crippen molar-refractivity contribution in [2.75, 3.05) is 10.6 Å². The first kappa shape index (κ1) is 17.8.